The van der Waals surface area contributed by atoms with Crippen LogP contribution in [0.4, 0.5) is 0 Å². The van der Waals surface area contributed by atoms with Crippen LogP contribution in [0, 0.1) is 4.77 Å². The van der Waals surface area contributed by atoms with Crippen molar-refractivity contribution in [1.29, 1.82) is 0 Å². The van der Waals surface area contributed by atoms with Gasteiger partial charge in [-0.25, -0.2) is 0 Å². The highest BCUT2D eigenvalue weighted by Crippen LogP contribution is 2.18. The van der Waals surface area contributed by atoms with Crippen molar-refractivity contribution in [1.82, 2.24) is 14.9 Å². The van der Waals surface area contributed by atoms with E-state index in [1.165, 1.54) is 0 Å². The number of hydrogen-bond donors (Lipinski definition) is 1. The Balaban J connectivity index is 1.77. The number of aromatic nitrogens is 3. The topological polar surface area (TPSA) is 55.2 Å². The number of rotatable bonds is 8. The molecule has 0 fully saturated rings. The minimum Gasteiger partial charge on any atom is -0.488 e. The lowest BCUT2D eigenvalue weighted by molar-refractivity contribution is 0.306. The van der Waals surface area contributed by atoms with Crippen molar-refractivity contribution in [3.8, 4) is 5.75 Å². The third-order valence-corrected chi connectivity index (χ3v) is 4.20. The van der Waals surface area contributed by atoms with E-state index < -0.39 is 0 Å². The summed E-state index contributed by atoms with van der Waals surface area (Å²) in [6.07, 6.45) is 4.75. The molecule has 2 aromatic carbocycles. The Morgan fingerprint density at radius 1 is 1.15 bits per heavy atom. The van der Waals surface area contributed by atoms with Crippen molar-refractivity contribution in [2.24, 2.45) is 5.10 Å². The molecule has 0 aliphatic carbocycles. The van der Waals surface area contributed by atoms with Gasteiger partial charge in [-0.1, -0.05) is 55.8 Å². The Labute approximate surface area is 158 Å². The Morgan fingerprint density at radius 2 is 1.92 bits per heavy atom. The van der Waals surface area contributed by atoms with Crippen LogP contribution in [0.2, 0.25) is 0 Å². The van der Waals surface area contributed by atoms with E-state index in [0.29, 0.717) is 11.4 Å². The SMILES string of the molecule is CCCCc1n[nH]c(=S)n1N=Cc1ccccc1OCc1ccccc1. The summed E-state index contributed by atoms with van der Waals surface area (Å²) in [6, 6.07) is 17.9. The largest absolute Gasteiger partial charge is 0.488 e. The van der Waals surface area contributed by atoms with Crippen LogP contribution in [0.3, 0.4) is 0 Å². The van der Waals surface area contributed by atoms with Crippen LogP contribution in [0.5, 0.6) is 5.75 Å². The average molecular weight is 366 g/mol. The zero-order chi connectivity index (χ0) is 18.2. The maximum atomic E-state index is 5.97. The van der Waals surface area contributed by atoms with Gasteiger partial charge in [0.05, 0.1) is 6.21 Å². The summed E-state index contributed by atoms with van der Waals surface area (Å²) in [5.74, 6) is 1.63. The van der Waals surface area contributed by atoms with Gasteiger partial charge in [-0.2, -0.15) is 14.9 Å². The van der Waals surface area contributed by atoms with Crippen LogP contribution in [-0.2, 0) is 13.0 Å². The number of benzene rings is 2. The Hall–Kier alpha value is -2.73. The molecule has 0 saturated heterocycles. The molecule has 5 nitrogen and oxygen atoms in total. The van der Waals surface area contributed by atoms with Gasteiger partial charge >= 0.3 is 0 Å². The van der Waals surface area contributed by atoms with Gasteiger partial charge in [0.15, 0.2) is 5.82 Å². The maximum absolute atomic E-state index is 5.97. The summed E-state index contributed by atoms with van der Waals surface area (Å²) in [7, 11) is 0. The predicted molar refractivity (Wildman–Crippen MR) is 106 cm³/mol. The summed E-state index contributed by atoms with van der Waals surface area (Å²) >= 11 is 5.29. The molecular weight excluding hydrogens is 344 g/mol. The van der Waals surface area contributed by atoms with Gasteiger partial charge < -0.3 is 4.74 Å². The predicted octanol–water partition coefficient (Wildman–Crippen LogP) is 4.74. The average Bonchev–Trinajstić information content (AvgIpc) is 3.04. The molecule has 0 saturated carbocycles. The molecule has 0 aliphatic rings. The highest BCUT2D eigenvalue weighted by atomic mass is 32.1. The van der Waals surface area contributed by atoms with E-state index in [2.05, 4.69) is 22.2 Å². The van der Waals surface area contributed by atoms with Crippen molar-refractivity contribution < 1.29 is 4.74 Å². The van der Waals surface area contributed by atoms with E-state index in [0.717, 1.165) is 42.0 Å². The van der Waals surface area contributed by atoms with Gasteiger partial charge in [0.1, 0.15) is 12.4 Å². The first-order valence-electron chi connectivity index (χ1n) is 8.74. The molecule has 0 aliphatic heterocycles. The smallest absolute Gasteiger partial charge is 0.216 e. The third kappa shape index (κ3) is 4.67. The fraction of sp³-hybridized carbons (Fsp3) is 0.250. The molecule has 0 atom stereocenters. The van der Waals surface area contributed by atoms with Crippen molar-refractivity contribution in [2.75, 3.05) is 0 Å². The third-order valence-electron chi connectivity index (χ3n) is 3.94. The monoisotopic (exact) mass is 366 g/mol. The number of unbranched alkanes of at least 4 members (excludes halogenated alkanes) is 1. The summed E-state index contributed by atoms with van der Waals surface area (Å²) in [6.45, 7) is 2.66. The molecule has 1 aromatic heterocycles. The first kappa shape index (κ1) is 18.1. The van der Waals surface area contributed by atoms with Gasteiger partial charge in [-0.05, 0) is 36.3 Å². The molecule has 0 spiro atoms. The number of aryl methyl sites for hydroxylation is 1. The highest BCUT2D eigenvalue weighted by Gasteiger charge is 2.05. The minimum absolute atomic E-state index is 0.495. The summed E-state index contributed by atoms with van der Waals surface area (Å²) in [5.41, 5.74) is 2.02. The minimum atomic E-state index is 0.495. The van der Waals surface area contributed by atoms with Gasteiger partial charge in [0.2, 0.25) is 4.77 Å². The highest BCUT2D eigenvalue weighted by molar-refractivity contribution is 7.71. The number of ether oxygens (including phenoxy) is 1. The van der Waals surface area contributed by atoms with Crippen molar-refractivity contribution in [3.63, 3.8) is 0 Å². The first-order valence-corrected chi connectivity index (χ1v) is 9.15. The van der Waals surface area contributed by atoms with Crippen LogP contribution < -0.4 is 4.74 Å². The van der Waals surface area contributed by atoms with Crippen molar-refractivity contribution >= 4 is 18.4 Å². The maximum Gasteiger partial charge on any atom is 0.216 e. The Bertz CT molecular complexity index is 915. The fourth-order valence-electron chi connectivity index (χ4n) is 2.51. The second kappa shape index (κ2) is 9.10. The summed E-state index contributed by atoms with van der Waals surface area (Å²) in [5, 5.41) is 11.6. The van der Waals surface area contributed by atoms with E-state index in [-0.39, 0.29) is 0 Å². The second-order valence-electron chi connectivity index (χ2n) is 5.92. The van der Waals surface area contributed by atoms with Crippen LogP contribution >= 0.6 is 12.2 Å². The van der Waals surface area contributed by atoms with E-state index in [9.17, 15) is 0 Å². The molecule has 6 heteroatoms. The number of aromatic amines is 1. The lowest BCUT2D eigenvalue weighted by atomic mass is 10.2. The van der Waals surface area contributed by atoms with E-state index in [1.54, 1.807) is 10.9 Å². The van der Waals surface area contributed by atoms with Crippen LogP contribution in [0.25, 0.3) is 0 Å². The van der Waals surface area contributed by atoms with Gasteiger partial charge in [0.25, 0.3) is 0 Å². The van der Waals surface area contributed by atoms with E-state index in [4.69, 9.17) is 17.0 Å². The van der Waals surface area contributed by atoms with Gasteiger partial charge in [-0.15, -0.1) is 0 Å². The molecule has 1 N–H and O–H groups in total. The molecule has 26 heavy (non-hydrogen) atoms. The molecule has 1 heterocycles. The summed E-state index contributed by atoms with van der Waals surface area (Å²) in [4.78, 5) is 0. The number of hydrogen-bond acceptors (Lipinski definition) is 4. The zero-order valence-electron chi connectivity index (χ0n) is 14.8. The number of nitrogens with one attached hydrogen (secondary N) is 1. The normalized spacial score (nSPS) is 11.1. The quantitative estimate of drug-likeness (QED) is 0.462. The number of H-pyrrole nitrogens is 1. The molecule has 0 unspecified atom stereocenters. The number of nitrogens with zero attached hydrogens (tertiary/aromatic N) is 3. The van der Waals surface area contributed by atoms with Crippen molar-refractivity contribution in [3.05, 3.63) is 76.3 Å². The standard InChI is InChI=1S/C20H22N4OS/c1-2-3-13-19-22-23-20(26)24(19)21-14-17-11-7-8-12-18(17)25-15-16-9-5-4-6-10-16/h4-12,14H,2-3,13,15H2,1H3,(H,23,26). The molecule has 0 radical (unpaired) electrons. The molecule has 3 rings (SSSR count). The Kier molecular flexibility index (Phi) is 6.33. The molecule has 3 aromatic rings. The lowest BCUT2D eigenvalue weighted by Crippen LogP contribution is -2.01. The molecule has 134 valence electrons. The summed E-state index contributed by atoms with van der Waals surface area (Å²) < 4.78 is 8.14. The van der Waals surface area contributed by atoms with Gasteiger partial charge in [-0.3, -0.25) is 5.10 Å². The van der Waals surface area contributed by atoms with Gasteiger partial charge in [0, 0.05) is 12.0 Å². The zero-order valence-corrected chi connectivity index (χ0v) is 15.6. The van der Waals surface area contributed by atoms with E-state index in [1.807, 2.05) is 54.6 Å². The second-order valence-corrected chi connectivity index (χ2v) is 6.30. The van der Waals surface area contributed by atoms with E-state index >= 15 is 0 Å². The van der Waals surface area contributed by atoms with Crippen LogP contribution in [0.15, 0.2) is 59.7 Å². The first-order chi connectivity index (χ1) is 12.8. The molecule has 0 amide bonds. The fourth-order valence-corrected chi connectivity index (χ4v) is 2.71. The number of para-hydroxylation sites is 1. The Morgan fingerprint density at radius 3 is 2.73 bits per heavy atom. The van der Waals surface area contributed by atoms with Crippen molar-refractivity contribution in [2.45, 2.75) is 32.8 Å². The van der Waals surface area contributed by atoms with Crippen LogP contribution in [-0.4, -0.2) is 21.1 Å². The molecular formula is C20H22N4OS. The lowest BCUT2D eigenvalue weighted by Gasteiger charge is -2.09. The van der Waals surface area contributed by atoms with Crippen LogP contribution in [0.1, 0.15) is 36.7 Å². The molecule has 0 bridgehead atoms.